The fraction of sp³-hybridized carbons (Fsp3) is 1.00. The van der Waals surface area contributed by atoms with E-state index in [0.29, 0.717) is 31.4 Å². The van der Waals surface area contributed by atoms with Gasteiger partial charge in [-0.25, -0.2) is 8.42 Å². The molecule has 2 bridgehead atoms. The number of morpholine rings is 1. The van der Waals surface area contributed by atoms with Gasteiger partial charge in [0.25, 0.3) is 0 Å². The summed E-state index contributed by atoms with van der Waals surface area (Å²) in [5, 5.41) is 3.25. The van der Waals surface area contributed by atoms with Gasteiger partial charge in [0.05, 0.1) is 22.7 Å². The Labute approximate surface area is 109 Å². The van der Waals surface area contributed by atoms with Crippen LogP contribution in [0, 0.1) is 5.92 Å². The maximum atomic E-state index is 12.2. The maximum Gasteiger partial charge on any atom is 0.156 e. The zero-order valence-corrected chi connectivity index (χ0v) is 12.0. The number of nitrogens with one attached hydrogen (secondary N) is 1. The molecule has 0 radical (unpaired) electrons. The monoisotopic (exact) mass is 273 g/mol. The lowest BCUT2D eigenvalue weighted by Crippen LogP contribution is -2.64. The fourth-order valence-electron chi connectivity index (χ4n) is 4.22. The van der Waals surface area contributed by atoms with Crippen LogP contribution in [0.15, 0.2) is 0 Å². The molecule has 3 heterocycles. The van der Waals surface area contributed by atoms with Crippen molar-refractivity contribution in [3.63, 3.8) is 0 Å². The summed E-state index contributed by atoms with van der Waals surface area (Å²) in [7, 11) is -2.86. The third-order valence-electron chi connectivity index (χ3n) is 4.98. The molecule has 0 aromatic heterocycles. The van der Waals surface area contributed by atoms with Gasteiger partial charge in [0.15, 0.2) is 9.84 Å². The van der Waals surface area contributed by atoms with E-state index in [9.17, 15) is 8.42 Å². The van der Waals surface area contributed by atoms with E-state index in [1.807, 2.05) is 0 Å². The van der Waals surface area contributed by atoms with Gasteiger partial charge in [0.1, 0.15) is 0 Å². The average molecular weight is 273 g/mol. The van der Waals surface area contributed by atoms with Crippen molar-refractivity contribution in [1.82, 2.24) is 5.32 Å². The van der Waals surface area contributed by atoms with Gasteiger partial charge in [-0.2, -0.15) is 0 Å². The zero-order chi connectivity index (χ0) is 13.0. The highest BCUT2D eigenvalue weighted by molar-refractivity contribution is 7.93. The largest absolute Gasteiger partial charge is 0.372 e. The number of hydrogen-bond acceptors (Lipinski definition) is 4. The predicted octanol–water partition coefficient (Wildman–Crippen LogP) is 1.11. The van der Waals surface area contributed by atoms with Crippen molar-refractivity contribution in [3.05, 3.63) is 0 Å². The minimum atomic E-state index is -2.86. The molecule has 5 heteroatoms. The molecule has 18 heavy (non-hydrogen) atoms. The molecular weight excluding hydrogens is 250 g/mol. The fourth-order valence-corrected chi connectivity index (χ4v) is 6.72. The average Bonchev–Trinajstić information content (AvgIpc) is 2.51. The van der Waals surface area contributed by atoms with Crippen LogP contribution in [0.3, 0.4) is 0 Å². The maximum absolute atomic E-state index is 12.2. The SMILES string of the molecule is CC(C)C1NCCOC12CC1CCC(C2)S1(=O)=O. The molecule has 3 atom stereocenters. The molecule has 104 valence electrons. The molecule has 3 saturated heterocycles. The molecule has 1 N–H and O–H groups in total. The van der Waals surface area contributed by atoms with E-state index >= 15 is 0 Å². The van der Waals surface area contributed by atoms with Gasteiger partial charge >= 0.3 is 0 Å². The first-order valence-electron chi connectivity index (χ1n) is 7.06. The van der Waals surface area contributed by atoms with Crippen LogP contribution >= 0.6 is 0 Å². The molecule has 0 amide bonds. The zero-order valence-electron chi connectivity index (χ0n) is 11.2. The molecule has 0 saturated carbocycles. The molecule has 4 nitrogen and oxygen atoms in total. The Morgan fingerprint density at radius 3 is 2.39 bits per heavy atom. The summed E-state index contributed by atoms with van der Waals surface area (Å²) in [6.45, 7) is 5.98. The highest BCUT2D eigenvalue weighted by Crippen LogP contribution is 2.47. The van der Waals surface area contributed by atoms with Crippen molar-refractivity contribution < 1.29 is 13.2 Å². The van der Waals surface area contributed by atoms with Crippen LogP contribution in [0.1, 0.15) is 39.5 Å². The number of rotatable bonds is 1. The topological polar surface area (TPSA) is 55.4 Å². The summed E-state index contributed by atoms with van der Waals surface area (Å²) >= 11 is 0. The molecule has 0 aromatic rings. The Hall–Kier alpha value is -0.130. The first kappa shape index (κ1) is 12.9. The molecule has 3 unspecified atom stereocenters. The van der Waals surface area contributed by atoms with Crippen molar-refractivity contribution >= 4 is 9.84 Å². The smallest absolute Gasteiger partial charge is 0.156 e. The van der Waals surface area contributed by atoms with Gasteiger partial charge in [-0.3, -0.25) is 0 Å². The predicted molar refractivity (Wildman–Crippen MR) is 70.3 cm³/mol. The van der Waals surface area contributed by atoms with Gasteiger partial charge < -0.3 is 10.1 Å². The van der Waals surface area contributed by atoms with Crippen molar-refractivity contribution in [2.75, 3.05) is 13.2 Å². The summed E-state index contributed by atoms with van der Waals surface area (Å²) < 4.78 is 30.5. The van der Waals surface area contributed by atoms with Crippen LogP contribution in [-0.4, -0.2) is 43.7 Å². The number of hydrogen-bond donors (Lipinski definition) is 1. The van der Waals surface area contributed by atoms with E-state index in [1.54, 1.807) is 0 Å². The first-order chi connectivity index (χ1) is 8.46. The lowest BCUT2D eigenvalue weighted by Gasteiger charge is -2.50. The molecule has 3 aliphatic rings. The molecule has 0 aromatic carbocycles. The standard InChI is InChI=1S/C13H23NO3S/c1-9(2)12-13(17-6-5-14-12)7-10-3-4-11(8-13)18(10,15)16/h9-12,14H,3-8H2,1-2H3. The van der Waals surface area contributed by atoms with Gasteiger partial charge in [-0.1, -0.05) is 13.8 Å². The Morgan fingerprint density at radius 1 is 1.22 bits per heavy atom. The van der Waals surface area contributed by atoms with Crippen LogP contribution < -0.4 is 5.32 Å². The highest BCUT2D eigenvalue weighted by Gasteiger charge is 2.57. The van der Waals surface area contributed by atoms with Crippen LogP contribution in [0.25, 0.3) is 0 Å². The van der Waals surface area contributed by atoms with Crippen molar-refractivity contribution in [2.24, 2.45) is 5.92 Å². The minimum absolute atomic E-state index is 0.155. The van der Waals surface area contributed by atoms with Gasteiger partial charge in [0, 0.05) is 12.6 Å². The molecule has 3 fully saturated rings. The number of ether oxygens (including phenoxy) is 1. The van der Waals surface area contributed by atoms with Crippen LogP contribution in [0.5, 0.6) is 0 Å². The second kappa shape index (κ2) is 4.18. The Morgan fingerprint density at radius 2 is 1.83 bits per heavy atom. The lowest BCUT2D eigenvalue weighted by atomic mass is 9.79. The molecule has 1 spiro atoms. The molecule has 0 aliphatic carbocycles. The number of fused-ring (bicyclic) bond motifs is 2. The van der Waals surface area contributed by atoms with Crippen molar-refractivity contribution in [3.8, 4) is 0 Å². The molecule has 3 rings (SSSR count). The van der Waals surface area contributed by atoms with Crippen molar-refractivity contribution in [2.45, 2.75) is 61.7 Å². The third kappa shape index (κ3) is 1.74. The van der Waals surface area contributed by atoms with Crippen molar-refractivity contribution in [1.29, 1.82) is 0 Å². The van der Waals surface area contributed by atoms with Crippen LogP contribution in [-0.2, 0) is 14.6 Å². The third-order valence-corrected chi connectivity index (χ3v) is 7.64. The Kier molecular flexibility index (Phi) is 2.99. The molecular formula is C13H23NO3S. The summed E-state index contributed by atoms with van der Waals surface area (Å²) in [6.07, 6.45) is 3.06. The minimum Gasteiger partial charge on any atom is -0.372 e. The summed E-state index contributed by atoms with van der Waals surface area (Å²) in [6, 6.07) is 0.296. The van der Waals surface area contributed by atoms with E-state index in [0.717, 1.165) is 19.4 Å². The van der Waals surface area contributed by atoms with E-state index in [1.165, 1.54) is 0 Å². The summed E-state index contributed by atoms with van der Waals surface area (Å²) in [5.74, 6) is 0.477. The van der Waals surface area contributed by atoms with Crippen LogP contribution in [0.4, 0.5) is 0 Å². The van der Waals surface area contributed by atoms with Gasteiger partial charge in [-0.05, 0) is 31.6 Å². The summed E-state index contributed by atoms with van der Waals surface area (Å²) in [5.41, 5.74) is -0.233. The normalized spacial score (nSPS) is 46.7. The van der Waals surface area contributed by atoms with Crippen LogP contribution in [0.2, 0.25) is 0 Å². The van der Waals surface area contributed by atoms with E-state index in [-0.39, 0.29) is 16.1 Å². The summed E-state index contributed by atoms with van der Waals surface area (Å²) in [4.78, 5) is 0. The highest BCUT2D eigenvalue weighted by atomic mass is 32.2. The Balaban J connectivity index is 1.92. The van der Waals surface area contributed by atoms with Gasteiger partial charge in [0.2, 0.25) is 0 Å². The van der Waals surface area contributed by atoms with E-state index in [4.69, 9.17) is 4.74 Å². The first-order valence-corrected chi connectivity index (χ1v) is 8.67. The van der Waals surface area contributed by atoms with Gasteiger partial charge in [-0.15, -0.1) is 0 Å². The van der Waals surface area contributed by atoms with E-state index in [2.05, 4.69) is 19.2 Å². The quantitative estimate of drug-likeness (QED) is 0.777. The second-order valence-corrected chi connectivity index (χ2v) is 8.92. The lowest BCUT2D eigenvalue weighted by molar-refractivity contribution is -0.117. The number of sulfone groups is 1. The second-order valence-electron chi connectivity index (χ2n) is 6.41. The Bertz CT molecular complexity index is 412. The molecule has 3 aliphatic heterocycles. The van der Waals surface area contributed by atoms with E-state index < -0.39 is 9.84 Å².